The molecule has 0 heteroatoms. The smallest absolute Gasteiger partial charge is 0.0000127 e. The molecule has 450 valence electrons. The lowest BCUT2D eigenvalue weighted by molar-refractivity contribution is -1.16. The molecule has 82 fully saturated rings. The molecule has 0 saturated heterocycles. The molecule has 0 heterocycles. The quantitative estimate of drug-likeness (QED) is 0.233. The van der Waals surface area contributed by atoms with Crippen LogP contribution in [0.25, 0.3) is 0 Å². The predicted molar refractivity (Wildman–Crippen MR) is 312 cm³/mol. The highest BCUT2D eigenvalue weighted by Gasteiger charge is 3.90. The highest BCUT2D eigenvalue weighted by atomic mass is 15.9. The van der Waals surface area contributed by atoms with E-state index in [0.29, 0.717) is 0 Å². The van der Waals surface area contributed by atoms with Crippen LogP contribution in [-0.2, 0) is 0 Å². The maximum absolute atomic E-state index is 2.05. The van der Waals surface area contributed by atoms with Crippen LogP contribution in [0.15, 0.2) is 0 Å². The maximum Gasteiger partial charge on any atom is -0.0000127 e. The summed E-state index contributed by atoms with van der Waals surface area (Å²) in [6, 6.07) is 0. The van der Waals surface area contributed by atoms with E-state index in [4.69, 9.17) is 0 Å². The summed E-state index contributed by atoms with van der Waals surface area (Å²) in [4.78, 5) is 0. The maximum atomic E-state index is 2.05. The standard InChI is InChI=1S/C102H42/c1-6-15-23-21-12-4-14-38-5-13-22-29-33-34-30-26-19-10-2-7-16-24-25-17-8-3-11-20-28-32-36-37-35-31-27-18-9(1)39(6)44(15)52(23)50(21)42(12,14)67(38)71-43(13,38)51(22)58(29)62(33)63(34)59(30)56(26)48(19)40(7,10)45(16)53(24)54(25)46(17)41(8,11)49(20)57(28)61(32)65(36)66(37)64(35)60(31)55(27)47(18,39)68(44)73(52)72(50,67)89(71)90(73)76(55,68)80(60)85(64)88(66)86(65)82(61)78(57)70(46,49)75(54)74(53)69(45,48)77(56)81(59)84(63)87(62)83(58)79(51,71)93(89)94(80,90)98(85)97(83,93)101(87)99(84)95(81)91(74,77)92(75,78)96(82,95)100(86,99)102(88,98)101/h6-37H,1-5H2. The average Bonchev–Trinajstić information content (AvgIpc) is 0.392. The molecule has 0 radical (unpaired) electrons. The Morgan fingerprint density at radius 1 is 0.118 bits per heavy atom. The van der Waals surface area contributed by atoms with Gasteiger partial charge in [0.1, 0.15) is 0 Å². The Morgan fingerprint density at radius 2 is 0.294 bits per heavy atom. The Bertz CT molecular complexity index is 8780. The van der Waals surface area contributed by atoms with E-state index >= 15 is 0 Å². The molecular weight excluding hydrogens is 1230 g/mol. The number of hydrogen-bond acceptors (Lipinski definition) is 0. The molecule has 0 aromatic rings. The van der Waals surface area contributed by atoms with E-state index in [1.54, 1.807) is 0 Å². The second kappa shape index (κ2) is 4.19. The van der Waals surface area contributed by atoms with Crippen molar-refractivity contribution in [1.29, 1.82) is 0 Å². The average molecular weight is 1270 g/mol. The van der Waals surface area contributed by atoms with E-state index in [1.165, 1.54) is 346 Å². The summed E-state index contributed by atoms with van der Waals surface area (Å²) in [6.07, 6.45) is 9.83. The first-order chi connectivity index (χ1) is 50.8. The molecule has 0 amide bonds. The molecule has 97 unspecified atom stereocenters. The zero-order chi connectivity index (χ0) is 54.5. The van der Waals surface area contributed by atoms with Gasteiger partial charge in [-0.05, 0) is 573 Å². The first kappa shape index (κ1) is 31.1. The number of hydrogen-bond donors (Lipinski definition) is 0. The number of rotatable bonds is 0. The molecule has 97 atom stereocenters. The Hall–Kier alpha value is 0. The summed E-state index contributed by atoms with van der Waals surface area (Å²) in [5.74, 6) is 46.5. The summed E-state index contributed by atoms with van der Waals surface area (Å²) >= 11 is 0. The lowest BCUT2D eigenvalue weighted by atomic mass is 8.19. The van der Waals surface area contributed by atoms with Crippen LogP contribution in [0.3, 0.4) is 0 Å². The second-order valence-electron chi connectivity index (χ2n) is 69.5. The van der Waals surface area contributed by atoms with Crippen LogP contribution in [0.5, 0.6) is 0 Å². The molecule has 0 aromatic heterocycles. The van der Waals surface area contributed by atoms with Crippen LogP contribution in [0.2, 0.25) is 0 Å². The zero-order valence-corrected chi connectivity index (χ0v) is 54.5. The van der Waals surface area contributed by atoms with Crippen LogP contribution < -0.4 is 0 Å². The third kappa shape index (κ3) is 0.543. The van der Waals surface area contributed by atoms with Crippen molar-refractivity contribution < 1.29 is 0 Å². The summed E-state index contributed by atoms with van der Waals surface area (Å²) in [7, 11) is 0. The van der Waals surface area contributed by atoms with Gasteiger partial charge in [-0.1, -0.05) is 0 Å². The van der Waals surface area contributed by atoms with E-state index in [2.05, 4.69) is 6.42 Å². The fraction of sp³-hybridized carbons (Fsp3) is 1.00. The fourth-order valence-corrected chi connectivity index (χ4v) is 130. The van der Waals surface area contributed by atoms with Crippen LogP contribution in [-0.4, -0.2) is 0 Å². The van der Waals surface area contributed by atoms with Crippen molar-refractivity contribution in [3.05, 3.63) is 125 Å². The van der Waals surface area contributed by atoms with Gasteiger partial charge < -0.3 is 0 Å². The summed E-state index contributed by atoms with van der Waals surface area (Å²) < 4.78 is 0. The van der Waals surface area contributed by atoms with Gasteiger partial charge in [0.2, 0.25) is 0 Å². The minimum atomic E-state index is 1.08. The van der Waals surface area contributed by atoms with Gasteiger partial charge in [0.05, 0.1) is 0 Å². The van der Waals surface area contributed by atoms with Gasteiger partial charge in [0.15, 0.2) is 0 Å². The van der Waals surface area contributed by atoms with E-state index in [-0.39, 0.29) is 0 Å². The molecular formula is C102H42. The lowest BCUT2D eigenvalue weighted by Crippen LogP contribution is -3.78. The highest BCUT2D eigenvalue weighted by Crippen LogP contribution is 3.94. The zero-order valence-electron chi connectivity index (χ0n) is 54.5. The Balaban J connectivity index is 0.603. The van der Waals surface area contributed by atoms with Crippen LogP contribution >= 0.6 is 0 Å². The molecule has 82 aliphatic carbocycles. The molecule has 0 aromatic carbocycles. The van der Waals surface area contributed by atoms with Gasteiger partial charge in [-0.2, -0.15) is 0 Å². The van der Waals surface area contributed by atoms with Crippen molar-refractivity contribution in [3.63, 3.8) is 0 Å². The van der Waals surface area contributed by atoms with E-state index in [1.807, 2.05) is 25.7 Å². The van der Waals surface area contributed by atoms with Gasteiger partial charge in [-0.3, -0.25) is 0 Å². The Morgan fingerprint density at radius 3 is 0.588 bits per heavy atom. The number of fused-ring (bicyclic) bond motifs is 27. The summed E-state index contributed by atoms with van der Waals surface area (Å²) in [5, 5.41) is 0. The van der Waals surface area contributed by atoms with Crippen LogP contribution in [0.1, 0.15) is 32.1 Å². The second-order valence-corrected chi connectivity index (χ2v) is 69.5. The fourth-order valence-electron chi connectivity index (χ4n) is 130. The van der Waals surface area contributed by atoms with Crippen molar-refractivity contribution in [1.82, 2.24) is 0 Å². The molecule has 0 aliphatic heterocycles. The molecule has 0 bridgehead atoms. The SMILES string of the molecule is C1C2C3C4C5C6C7CC8C9C%10C%11C%12C%13C%14C%15C%16C%17C%18CC%19C%20C%21C%22C%23CC%24C%25%26CC%27C%28C%29C%30C%31C%32C%33C%34C1C21C32C43C54C65C78C96C%107C%118C%129C%13%10C%14%11C%15%12C%16%13C%17%14C%19%18C%20%15C%21%16C%22%17C%23%24C%25%18C%17%19C%16%17C%15%14C%13%14C%12%13C%11%12C%10%11C9%10C89C78C56C45C34C23C%341C%331C%322C%316C%307C%29%15C%28%16C%27%26C%18%20C%16%18C%15%16C7%15C67C26C13C41C58C92C61C71C%102C%112C%123C%134C%17%14C%19%20C%184C%163C%1512. The monoisotopic (exact) mass is 1270 g/mol. The van der Waals surface area contributed by atoms with Crippen LogP contribution in [0.4, 0.5) is 0 Å². The molecule has 102 heavy (non-hydrogen) atoms. The third-order valence-corrected chi connectivity index (χ3v) is 97.1. The van der Waals surface area contributed by atoms with Gasteiger partial charge in [0.25, 0.3) is 0 Å². The third-order valence-electron chi connectivity index (χ3n) is 97.1. The van der Waals surface area contributed by atoms with Gasteiger partial charge >= 0.3 is 0 Å². The molecule has 82 saturated carbocycles. The van der Waals surface area contributed by atoms with E-state index < -0.39 is 0 Å². The molecule has 0 nitrogen and oxygen atoms in total. The summed E-state index contributed by atoms with van der Waals surface area (Å²) in [5.41, 5.74) is 75.1. The first-order valence-electron chi connectivity index (χ1n) is 50.8. The molecule has 65 spiro atoms. The van der Waals surface area contributed by atoms with Crippen molar-refractivity contribution >= 4 is 0 Å². The predicted octanol–water partition coefficient (Wildman–Crippen LogP) is 7.76. The van der Waals surface area contributed by atoms with Gasteiger partial charge in [0, 0.05) is 0 Å². The normalized spacial score (nSPS) is 157. The summed E-state index contributed by atoms with van der Waals surface area (Å²) in [6.45, 7) is 0. The van der Waals surface area contributed by atoms with Crippen LogP contribution in [0, 0.1) is 541 Å². The van der Waals surface area contributed by atoms with Gasteiger partial charge in [-0.25, -0.2) is 0 Å². The van der Waals surface area contributed by atoms with Crippen molar-refractivity contribution in [2.45, 2.75) is 32.1 Å². The lowest BCUT2D eigenvalue weighted by Gasteiger charge is -3.83. The van der Waals surface area contributed by atoms with E-state index in [0.717, 1.165) is 195 Å². The molecule has 82 aliphatic rings. The van der Waals surface area contributed by atoms with Crippen molar-refractivity contribution in [2.75, 3.05) is 0 Å². The van der Waals surface area contributed by atoms with E-state index in [9.17, 15) is 0 Å². The Labute approximate surface area is 569 Å². The first-order valence-corrected chi connectivity index (χ1v) is 50.8. The van der Waals surface area contributed by atoms with Crippen molar-refractivity contribution in [3.8, 4) is 0 Å². The minimum absolute atomic E-state index is 1.08. The van der Waals surface area contributed by atoms with Gasteiger partial charge in [-0.15, -0.1) is 0 Å². The Kier molecular flexibility index (Phi) is 1.28. The highest BCUT2D eigenvalue weighted by molar-refractivity contribution is 6.88. The topological polar surface area (TPSA) is 0 Å². The molecule has 82 rings (SSSR count). The van der Waals surface area contributed by atoms with Crippen molar-refractivity contribution in [2.24, 2.45) is 417 Å². The largest absolute Gasteiger partial charge is 0.0458 e. The molecule has 0 N–H and O–H groups in total. The minimum Gasteiger partial charge on any atom is -0.0458 e.